The predicted octanol–water partition coefficient (Wildman–Crippen LogP) is 4.16. The molecule has 3 atom stereocenters. The third kappa shape index (κ3) is 6.94. The van der Waals surface area contributed by atoms with Crippen LogP contribution in [0.25, 0.3) is 0 Å². The lowest BCUT2D eigenvalue weighted by Gasteiger charge is -2.32. The number of aromatic hydroxyl groups is 1. The fourth-order valence-corrected chi connectivity index (χ4v) is 4.56. The summed E-state index contributed by atoms with van der Waals surface area (Å²) in [6.07, 6.45) is 8.24. The summed E-state index contributed by atoms with van der Waals surface area (Å²) in [6.45, 7) is 5.08. The van der Waals surface area contributed by atoms with Gasteiger partial charge in [-0.15, -0.1) is 6.58 Å². The van der Waals surface area contributed by atoms with Crippen LogP contribution < -0.4 is 11.1 Å². The minimum atomic E-state index is -0.200. The molecule has 2 aromatic rings. The Morgan fingerprint density at radius 1 is 1.06 bits per heavy atom. The monoisotopic (exact) mass is 435 g/mol. The number of phenolic OH excluding ortho intramolecular Hbond substituents is 1. The van der Waals surface area contributed by atoms with E-state index >= 15 is 0 Å². The van der Waals surface area contributed by atoms with Gasteiger partial charge in [0.25, 0.3) is 0 Å². The van der Waals surface area contributed by atoms with Crippen molar-refractivity contribution < 1.29 is 9.90 Å². The average Bonchev–Trinajstić information content (AvgIpc) is 2.92. The van der Waals surface area contributed by atoms with Gasteiger partial charge in [-0.05, 0) is 68.3 Å². The van der Waals surface area contributed by atoms with Gasteiger partial charge in [0.15, 0.2) is 0 Å². The molecular weight excluding hydrogens is 398 g/mol. The first-order valence-electron chi connectivity index (χ1n) is 11.8. The lowest BCUT2D eigenvalue weighted by atomic mass is 9.96. The fourth-order valence-electron chi connectivity index (χ4n) is 4.56. The standard InChI is InChI=1S/C27H37N3O2/c1-2-3-11-23-19-24(18-21-9-5-4-6-10-21)30(20-22-13-15-25(31)16-14-22)27(32)26(29-23)12-7-8-17-28/h2,4-6,9-10,13-16,23-24,26,29,31H,1,3,7-8,11-12,17-20,28H2/t23-,24+,26+/m1/s1. The summed E-state index contributed by atoms with van der Waals surface area (Å²) in [6, 6.07) is 17.8. The van der Waals surface area contributed by atoms with Crippen molar-refractivity contribution in [3.8, 4) is 5.75 Å². The Kier molecular flexibility index (Phi) is 9.32. The summed E-state index contributed by atoms with van der Waals surface area (Å²) in [5.74, 6) is 0.403. The number of phenols is 1. The van der Waals surface area contributed by atoms with Gasteiger partial charge in [-0.1, -0.05) is 55.0 Å². The Labute approximate surface area is 192 Å². The molecule has 0 aliphatic carbocycles. The van der Waals surface area contributed by atoms with E-state index in [0.29, 0.717) is 13.1 Å². The maximum absolute atomic E-state index is 13.8. The Morgan fingerprint density at radius 3 is 2.50 bits per heavy atom. The molecule has 0 unspecified atom stereocenters. The Hall–Kier alpha value is -2.63. The highest BCUT2D eigenvalue weighted by molar-refractivity contribution is 5.82. The van der Waals surface area contributed by atoms with Gasteiger partial charge in [0.05, 0.1) is 6.04 Å². The molecule has 2 aromatic carbocycles. The van der Waals surface area contributed by atoms with Gasteiger partial charge < -0.3 is 21.1 Å². The first-order chi connectivity index (χ1) is 15.6. The molecule has 1 amide bonds. The number of nitrogens with one attached hydrogen (secondary N) is 1. The van der Waals surface area contributed by atoms with E-state index in [1.807, 2.05) is 24.3 Å². The molecule has 0 spiro atoms. The highest BCUT2D eigenvalue weighted by atomic mass is 16.3. The van der Waals surface area contributed by atoms with Crippen LogP contribution in [0.5, 0.6) is 5.75 Å². The second-order valence-corrected chi connectivity index (χ2v) is 8.78. The molecule has 1 aliphatic heterocycles. The average molecular weight is 436 g/mol. The van der Waals surface area contributed by atoms with E-state index < -0.39 is 0 Å². The molecule has 4 N–H and O–H groups in total. The summed E-state index contributed by atoms with van der Waals surface area (Å²) in [4.78, 5) is 15.9. The maximum Gasteiger partial charge on any atom is 0.240 e. The number of hydrogen-bond acceptors (Lipinski definition) is 4. The van der Waals surface area contributed by atoms with Crippen LogP contribution in [0.4, 0.5) is 0 Å². The molecule has 5 heteroatoms. The van der Waals surface area contributed by atoms with E-state index in [1.165, 1.54) is 5.56 Å². The minimum Gasteiger partial charge on any atom is -0.508 e. The van der Waals surface area contributed by atoms with Gasteiger partial charge in [-0.3, -0.25) is 4.79 Å². The third-order valence-electron chi connectivity index (χ3n) is 6.29. The molecule has 0 radical (unpaired) electrons. The number of benzene rings is 2. The maximum atomic E-state index is 13.8. The molecule has 1 fully saturated rings. The van der Waals surface area contributed by atoms with Crippen molar-refractivity contribution in [3.05, 3.63) is 78.4 Å². The van der Waals surface area contributed by atoms with Crippen molar-refractivity contribution in [2.24, 2.45) is 5.73 Å². The van der Waals surface area contributed by atoms with E-state index in [2.05, 4.69) is 41.1 Å². The van der Waals surface area contributed by atoms with Crippen LogP contribution in [-0.4, -0.2) is 40.6 Å². The van der Waals surface area contributed by atoms with Crippen LogP contribution in [0.2, 0.25) is 0 Å². The van der Waals surface area contributed by atoms with E-state index in [-0.39, 0.29) is 29.8 Å². The van der Waals surface area contributed by atoms with Crippen LogP contribution in [0.1, 0.15) is 49.7 Å². The second kappa shape index (κ2) is 12.4. The number of unbranched alkanes of at least 4 members (excludes halogenated alkanes) is 1. The highest BCUT2D eigenvalue weighted by Gasteiger charge is 2.36. The first kappa shape index (κ1) is 24.0. The van der Waals surface area contributed by atoms with Crippen molar-refractivity contribution >= 4 is 5.91 Å². The van der Waals surface area contributed by atoms with E-state index in [9.17, 15) is 9.90 Å². The van der Waals surface area contributed by atoms with Crippen LogP contribution in [0.15, 0.2) is 67.3 Å². The number of carbonyl (C=O) groups excluding carboxylic acids is 1. The Morgan fingerprint density at radius 2 is 1.81 bits per heavy atom. The number of carbonyl (C=O) groups is 1. The molecule has 3 rings (SSSR count). The van der Waals surface area contributed by atoms with Crippen molar-refractivity contribution in [1.29, 1.82) is 0 Å². The molecule has 1 aliphatic rings. The van der Waals surface area contributed by atoms with E-state index in [0.717, 1.165) is 50.5 Å². The van der Waals surface area contributed by atoms with Crippen LogP contribution in [0.3, 0.4) is 0 Å². The number of nitrogens with zero attached hydrogens (tertiary/aromatic N) is 1. The number of rotatable bonds is 11. The molecule has 32 heavy (non-hydrogen) atoms. The number of amides is 1. The molecular formula is C27H37N3O2. The third-order valence-corrected chi connectivity index (χ3v) is 6.29. The molecule has 1 saturated heterocycles. The summed E-state index contributed by atoms with van der Waals surface area (Å²) in [5, 5.41) is 13.4. The smallest absolute Gasteiger partial charge is 0.240 e. The van der Waals surface area contributed by atoms with Crippen molar-refractivity contribution in [1.82, 2.24) is 10.2 Å². The zero-order valence-electron chi connectivity index (χ0n) is 19.0. The first-order valence-corrected chi connectivity index (χ1v) is 11.8. The predicted molar refractivity (Wildman–Crippen MR) is 130 cm³/mol. The Bertz CT molecular complexity index is 838. The zero-order valence-corrected chi connectivity index (χ0v) is 19.0. The molecule has 172 valence electrons. The largest absolute Gasteiger partial charge is 0.508 e. The van der Waals surface area contributed by atoms with Crippen molar-refractivity contribution in [2.75, 3.05) is 6.54 Å². The summed E-state index contributed by atoms with van der Waals surface area (Å²) in [5.41, 5.74) is 7.97. The number of nitrogens with two attached hydrogens (primary N) is 1. The molecule has 0 aromatic heterocycles. The highest BCUT2D eigenvalue weighted by Crippen LogP contribution is 2.25. The zero-order chi connectivity index (χ0) is 22.8. The van der Waals surface area contributed by atoms with E-state index in [4.69, 9.17) is 5.73 Å². The van der Waals surface area contributed by atoms with E-state index in [1.54, 1.807) is 12.1 Å². The van der Waals surface area contributed by atoms with Crippen molar-refractivity contribution in [3.63, 3.8) is 0 Å². The van der Waals surface area contributed by atoms with Gasteiger partial charge in [0.2, 0.25) is 5.91 Å². The van der Waals surface area contributed by atoms with Gasteiger partial charge in [0, 0.05) is 18.6 Å². The SMILES string of the molecule is C=CCC[C@@H]1C[C@H](Cc2ccccc2)N(Cc2ccc(O)cc2)C(=O)[C@H](CCCCN)N1. The van der Waals surface area contributed by atoms with Gasteiger partial charge in [-0.25, -0.2) is 0 Å². The normalized spacial score (nSPS) is 21.3. The van der Waals surface area contributed by atoms with Crippen LogP contribution in [-0.2, 0) is 17.8 Å². The second-order valence-electron chi connectivity index (χ2n) is 8.78. The lowest BCUT2D eigenvalue weighted by Crippen LogP contribution is -2.47. The van der Waals surface area contributed by atoms with Crippen molar-refractivity contribution in [2.45, 2.75) is 69.6 Å². The van der Waals surface area contributed by atoms with Crippen LogP contribution >= 0.6 is 0 Å². The quantitative estimate of drug-likeness (QED) is 0.366. The van der Waals surface area contributed by atoms with Gasteiger partial charge in [0.1, 0.15) is 5.75 Å². The topological polar surface area (TPSA) is 78.6 Å². The van der Waals surface area contributed by atoms with Crippen LogP contribution in [0, 0.1) is 0 Å². The molecule has 5 nitrogen and oxygen atoms in total. The van der Waals surface area contributed by atoms with Gasteiger partial charge in [-0.2, -0.15) is 0 Å². The fraction of sp³-hybridized carbons (Fsp3) is 0.444. The molecule has 0 saturated carbocycles. The molecule has 1 heterocycles. The molecule has 0 bridgehead atoms. The lowest BCUT2D eigenvalue weighted by molar-refractivity contribution is -0.135. The van der Waals surface area contributed by atoms with Gasteiger partial charge >= 0.3 is 0 Å². The summed E-state index contributed by atoms with van der Waals surface area (Å²) < 4.78 is 0. The Balaban J connectivity index is 1.89. The number of hydrogen-bond donors (Lipinski definition) is 3. The summed E-state index contributed by atoms with van der Waals surface area (Å²) in [7, 11) is 0. The number of allylic oxidation sites excluding steroid dienone is 1. The minimum absolute atomic E-state index is 0.0977. The summed E-state index contributed by atoms with van der Waals surface area (Å²) >= 11 is 0.